The van der Waals surface area contributed by atoms with Crippen molar-refractivity contribution in [3.63, 3.8) is 0 Å². The molecule has 0 saturated carbocycles. The number of thioether (sulfide) groups is 1. The van der Waals surface area contributed by atoms with Gasteiger partial charge in [0.2, 0.25) is 5.91 Å². The number of amides is 3. The van der Waals surface area contributed by atoms with Crippen LogP contribution in [0.25, 0.3) is 6.08 Å². The molecule has 31 heavy (non-hydrogen) atoms. The van der Waals surface area contributed by atoms with Crippen LogP contribution in [0.5, 0.6) is 0 Å². The van der Waals surface area contributed by atoms with Crippen molar-refractivity contribution in [1.29, 1.82) is 0 Å². The van der Waals surface area contributed by atoms with Crippen LogP contribution >= 0.6 is 35.0 Å². The van der Waals surface area contributed by atoms with E-state index in [0.29, 0.717) is 21.2 Å². The lowest BCUT2D eigenvalue weighted by molar-refractivity contribution is -0.384. The molecule has 0 spiro atoms. The van der Waals surface area contributed by atoms with Crippen LogP contribution in [0.4, 0.5) is 10.5 Å². The molecule has 1 saturated heterocycles. The average Bonchev–Trinajstić information content (AvgIpc) is 2.98. The Hall–Kier alpha value is -2.88. The molecule has 2 aromatic carbocycles. The Kier molecular flexibility index (Phi) is 7.32. The summed E-state index contributed by atoms with van der Waals surface area (Å²) >= 11 is 12.8. The number of nitrogens with one attached hydrogen (secondary N) is 1. The number of nitro groups is 1. The summed E-state index contributed by atoms with van der Waals surface area (Å²) in [6.07, 6.45) is 1.55. The van der Waals surface area contributed by atoms with Crippen LogP contribution in [0.1, 0.15) is 11.1 Å². The van der Waals surface area contributed by atoms with E-state index in [1.54, 1.807) is 18.2 Å². The normalized spacial score (nSPS) is 14.9. The van der Waals surface area contributed by atoms with Crippen molar-refractivity contribution in [3.05, 3.63) is 78.7 Å². The van der Waals surface area contributed by atoms with E-state index < -0.39 is 16.1 Å². The van der Waals surface area contributed by atoms with E-state index in [1.165, 1.54) is 30.3 Å². The number of nitrogens with zero attached hydrogens (tertiary/aromatic N) is 2. The molecule has 0 aromatic heterocycles. The highest BCUT2D eigenvalue weighted by Gasteiger charge is 2.34. The molecule has 2 aromatic rings. The van der Waals surface area contributed by atoms with Crippen LogP contribution < -0.4 is 5.32 Å². The maximum Gasteiger partial charge on any atom is 0.293 e. The highest BCUT2D eigenvalue weighted by Crippen LogP contribution is 2.33. The van der Waals surface area contributed by atoms with Gasteiger partial charge in [-0.25, -0.2) is 0 Å². The third-order valence-electron chi connectivity index (χ3n) is 4.29. The van der Waals surface area contributed by atoms with Gasteiger partial charge in [-0.3, -0.25) is 29.4 Å². The molecule has 0 unspecified atom stereocenters. The number of rotatable bonds is 7. The number of hydrogen-bond acceptors (Lipinski definition) is 6. The van der Waals surface area contributed by atoms with Crippen LogP contribution in [0.15, 0.2) is 47.4 Å². The predicted octanol–water partition coefficient (Wildman–Crippen LogP) is 4.30. The van der Waals surface area contributed by atoms with Gasteiger partial charge in [0.15, 0.2) is 0 Å². The molecule has 3 rings (SSSR count). The number of carbonyl (C=O) groups excluding carboxylic acids is 3. The number of imide groups is 1. The Morgan fingerprint density at radius 1 is 1.16 bits per heavy atom. The average molecular weight is 480 g/mol. The molecule has 0 bridgehead atoms. The first-order valence-corrected chi connectivity index (χ1v) is 10.5. The topological polar surface area (TPSA) is 110 Å². The molecule has 0 aliphatic carbocycles. The van der Waals surface area contributed by atoms with Crippen molar-refractivity contribution in [1.82, 2.24) is 10.2 Å². The molecule has 0 atom stereocenters. The number of hydrogen-bond donors (Lipinski definition) is 1. The molecule has 1 N–H and O–H groups in total. The van der Waals surface area contributed by atoms with Crippen LogP contribution in [0.2, 0.25) is 10.0 Å². The molecule has 8 nitrogen and oxygen atoms in total. The quantitative estimate of drug-likeness (QED) is 0.360. The molecule has 160 valence electrons. The predicted molar refractivity (Wildman–Crippen MR) is 119 cm³/mol. The van der Waals surface area contributed by atoms with Gasteiger partial charge in [0, 0.05) is 35.3 Å². The number of benzene rings is 2. The number of halogens is 2. The van der Waals surface area contributed by atoms with Crippen LogP contribution in [0.3, 0.4) is 0 Å². The monoisotopic (exact) mass is 479 g/mol. The van der Waals surface area contributed by atoms with Gasteiger partial charge in [-0.1, -0.05) is 41.4 Å². The molecular formula is C20H15Cl2N3O5S. The van der Waals surface area contributed by atoms with Crippen LogP contribution in [-0.2, 0) is 16.0 Å². The summed E-state index contributed by atoms with van der Waals surface area (Å²) in [5.41, 5.74) is 1.11. The minimum Gasteiger partial charge on any atom is -0.354 e. The third kappa shape index (κ3) is 5.84. The molecule has 1 fully saturated rings. The molecule has 1 aliphatic rings. The van der Waals surface area contributed by atoms with E-state index in [0.717, 1.165) is 16.7 Å². The van der Waals surface area contributed by atoms with Gasteiger partial charge >= 0.3 is 0 Å². The fraction of sp³-hybridized carbons (Fsp3) is 0.150. The van der Waals surface area contributed by atoms with Gasteiger partial charge in [-0.05, 0) is 41.1 Å². The second kappa shape index (κ2) is 9.95. The first-order valence-electron chi connectivity index (χ1n) is 8.95. The molecule has 11 heteroatoms. The Labute approximate surface area is 191 Å². The summed E-state index contributed by atoms with van der Waals surface area (Å²) in [6, 6.07) is 10.5. The zero-order chi connectivity index (χ0) is 22.5. The Morgan fingerprint density at radius 3 is 2.52 bits per heavy atom. The Bertz CT molecular complexity index is 1090. The zero-order valence-corrected chi connectivity index (χ0v) is 18.2. The summed E-state index contributed by atoms with van der Waals surface area (Å²) in [4.78, 5) is 48.2. The summed E-state index contributed by atoms with van der Waals surface area (Å²) in [5, 5.41) is 13.7. The lowest BCUT2D eigenvalue weighted by Crippen LogP contribution is -2.37. The van der Waals surface area contributed by atoms with E-state index in [2.05, 4.69) is 5.32 Å². The highest BCUT2D eigenvalue weighted by atomic mass is 35.5. The number of non-ortho nitro benzene ring substituents is 1. The highest BCUT2D eigenvalue weighted by molar-refractivity contribution is 8.18. The fourth-order valence-electron chi connectivity index (χ4n) is 2.74. The molecular weight excluding hydrogens is 465 g/mol. The van der Waals surface area contributed by atoms with Crippen molar-refractivity contribution in [2.45, 2.75) is 6.42 Å². The summed E-state index contributed by atoms with van der Waals surface area (Å²) < 4.78 is 0. The summed E-state index contributed by atoms with van der Waals surface area (Å²) in [5.74, 6) is -0.796. The maximum absolute atomic E-state index is 12.5. The van der Waals surface area contributed by atoms with E-state index in [1.807, 2.05) is 0 Å². The number of nitro benzene ring substituents is 1. The molecule has 1 heterocycles. The van der Waals surface area contributed by atoms with Gasteiger partial charge in [0.25, 0.3) is 16.8 Å². The lowest BCUT2D eigenvalue weighted by Gasteiger charge is -2.13. The molecule has 0 radical (unpaired) electrons. The first-order chi connectivity index (χ1) is 14.7. The largest absolute Gasteiger partial charge is 0.354 e. The van der Waals surface area contributed by atoms with Gasteiger partial charge in [-0.2, -0.15) is 0 Å². The van der Waals surface area contributed by atoms with Gasteiger partial charge in [0.05, 0.1) is 16.2 Å². The second-order valence-electron chi connectivity index (χ2n) is 6.45. The second-order valence-corrected chi connectivity index (χ2v) is 8.29. The van der Waals surface area contributed by atoms with Crippen molar-refractivity contribution in [3.8, 4) is 0 Å². The van der Waals surface area contributed by atoms with Crippen LogP contribution in [0, 0.1) is 10.1 Å². The Balaban J connectivity index is 1.53. The van der Waals surface area contributed by atoms with Crippen molar-refractivity contribution in [2.75, 3.05) is 13.1 Å². The number of carbonyl (C=O) groups is 3. The standard InChI is InChI=1S/C20H15Cl2N3O5S/c21-14-4-3-13(16(22)11-14)10-17-19(27)24(20(28)31-17)8-7-23-18(26)9-12-1-5-15(6-2-12)25(29)30/h1-6,10-11H,7-9H2,(H,23,26)/b17-10-. The third-order valence-corrected chi connectivity index (χ3v) is 5.76. The smallest absolute Gasteiger partial charge is 0.293 e. The van der Waals surface area contributed by atoms with E-state index >= 15 is 0 Å². The minimum atomic E-state index is -0.518. The fourth-order valence-corrected chi connectivity index (χ4v) is 4.06. The van der Waals surface area contributed by atoms with E-state index in [-0.39, 0.29) is 36.0 Å². The Morgan fingerprint density at radius 2 is 1.87 bits per heavy atom. The van der Waals surface area contributed by atoms with Crippen molar-refractivity contribution < 1.29 is 19.3 Å². The summed E-state index contributed by atoms with van der Waals surface area (Å²) in [7, 11) is 0. The van der Waals surface area contributed by atoms with Crippen molar-refractivity contribution >= 4 is 63.8 Å². The zero-order valence-electron chi connectivity index (χ0n) is 15.8. The van der Waals surface area contributed by atoms with Crippen molar-refractivity contribution in [2.24, 2.45) is 0 Å². The molecule has 1 aliphatic heterocycles. The SMILES string of the molecule is O=C(Cc1ccc([N+](=O)[O-])cc1)NCCN1C(=O)S/C(=C\c2ccc(Cl)cc2Cl)C1=O. The van der Waals surface area contributed by atoms with E-state index in [4.69, 9.17) is 23.2 Å². The minimum absolute atomic E-state index is 0.0162. The van der Waals surface area contributed by atoms with Gasteiger partial charge < -0.3 is 5.32 Å². The van der Waals surface area contributed by atoms with Crippen LogP contribution in [-0.4, -0.2) is 40.0 Å². The van der Waals surface area contributed by atoms with E-state index in [9.17, 15) is 24.5 Å². The summed E-state index contributed by atoms with van der Waals surface area (Å²) in [6.45, 7) is 0.0984. The van der Waals surface area contributed by atoms with Gasteiger partial charge in [0.1, 0.15) is 0 Å². The lowest BCUT2D eigenvalue weighted by atomic mass is 10.1. The van der Waals surface area contributed by atoms with Gasteiger partial charge in [-0.15, -0.1) is 0 Å². The molecule has 3 amide bonds. The first kappa shape index (κ1) is 22.8. The maximum atomic E-state index is 12.5.